The SMILES string of the molecule is CC(C)(N)C(=O)NC(Cc1c[nH]c2ccccc12)c1nnc(Cc2ccccc2)n1CCc1ccccc1. The van der Waals surface area contributed by atoms with Crippen LogP contribution in [0, 0.1) is 0 Å². The quantitative estimate of drug-likeness (QED) is 0.255. The minimum absolute atomic E-state index is 0.232. The van der Waals surface area contributed by atoms with Crippen molar-refractivity contribution in [2.75, 3.05) is 0 Å². The highest BCUT2D eigenvalue weighted by Crippen LogP contribution is 2.26. The number of amides is 1. The molecule has 5 aromatic rings. The Morgan fingerprint density at radius 2 is 1.61 bits per heavy atom. The van der Waals surface area contributed by atoms with E-state index in [1.54, 1.807) is 13.8 Å². The van der Waals surface area contributed by atoms with Gasteiger partial charge >= 0.3 is 0 Å². The first-order valence-corrected chi connectivity index (χ1v) is 13.0. The van der Waals surface area contributed by atoms with Gasteiger partial charge in [-0.2, -0.15) is 0 Å². The van der Waals surface area contributed by atoms with E-state index in [1.807, 2.05) is 42.6 Å². The minimum Gasteiger partial charge on any atom is -0.361 e. The van der Waals surface area contributed by atoms with Crippen LogP contribution < -0.4 is 11.1 Å². The number of aryl methyl sites for hydroxylation is 1. The number of carbonyl (C=O) groups excluding carboxylic acids is 1. The lowest BCUT2D eigenvalue weighted by molar-refractivity contribution is -0.126. The number of H-pyrrole nitrogens is 1. The summed E-state index contributed by atoms with van der Waals surface area (Å²) < 4.78 is 2.17. The van der Waals surface area contributed by atoms with E-state index >= 15 is 0 Å². The standard InChI is InChI=1S/C31H34N6O/c1-31(2,32)30(38)34-27(20-24-21-33-26-16-10-9-15-25(24)26)29-36-35-28(19-23-13-7-4-8-14-23)37(29)18-17-22-11-5-3-6-12-22/h3-16,21,27,33H,17-20,32H2,1-2H3,(H,34,38). The molecular weight excluding hydrogens is 472 g/mol. The average molecular weight is 507 g/mol. The molecule has 0 aliphatic carbocycles. The maximum atomic E-state index is 13.1. The Hall–Kier alpha value is -4.23. The highest BCUT2D eigenvalue weighted by molar-refractivity contribution is 5.86. The predicted octanol–water partition coefficient (Wildman–Crippen LogP) is 4.73. The van der Waals surface area contributed by atoms with Crippen molar-refractivity contribution in [3.05, 3.63) is 119 Å². The largest absolute Gasteiger partial charge is 0.361 e. The van der Waals surface area contributed by atoms with Gasteiger partial charge in [0.1, 0.15) is 5.82 Å². The summed E-state index contributed by atoms with van der Waals surface area (Å²) in [5.41, 5.74) is 9.71. The van der Waals surface area contributed by atoms with Crippen LogP contribution in [0.15, 0.2) is 91.1 Å². The maximum Gasteiger partial charge on any atom is 0.240 e. The van der Waals surface area contributed by atoms with Gasteiger partial charge in [-0.3, -0.25) is 4.79 Å². The smallest absolute Gasteiger partial charge is 0.240 e. The van der Waals surface area contributed by atoms with Crippen LogP contribution in [-0.4, -0.2) is 31.2 Å². The number of rotatable bonds is 10. The number of nitrogens with zero attached hydrogens (tertiary/aromatic N) is 3. The Morgan fingerprint density at radius 3 is 2.32 bits per heavy atom. The van der Waals surface area contributed by atoms with E-state index in [1.165, 1.54) is 5.56 Å². The molecule has 1 atom stereocenters. The van der Waals surface area contributed by atoms with Crippen LogP contribution in [-0.2, 0) is 30.6 Å². The zero-order valence-corrected chi connectivity index (χ0v) is 21.9. The number of hydrogen-bond donors (Lipinski definition) is 3. The van der Waals surface area contributed by atoms with Gasteiger partial charge in [-0.05, 0) is 43.0 Å². The zero-order valence-electron chi connectivity index (χ0n) is 21.9. The molecule has 0 radical (unpaired) electrons. The van der Waals surface area contributed by atoms with Crippen LogP contribution in [0.25, 0.3) is 10.9 Å². The molecule has 2 aromatic heterocycles. The van der Waals surface area contributed by atoms with Crippen molar-refractivity contribution in [3.8, 4) is 0 Å². The summed E-state index contributed by atoms with van der Waals surface area (Å²) in [7, 11) is 0. The first-order valence-electron chi connectivity index (χ1n) is 13.0. The molecule has 0 aliphatic rings. The summed E-state index contributed by atoms with van der Waals surface area (Å²) in [4.78, 5) is 16.5. The van der Waals surface area contributed by atoms with Crippen LogP contribution in [0.5, 0.6) is 0 Å². The van der Waals surface area contributed by atoms with Crippen LogP contribution in [0.4, 0.5) is 0 Å². The van der Waals surface area contributed by atoms with Crippen LogP contribution in [0.3, 0.4) is 0 Å². The molecule has 1 amide bonds. The fourth-order valence-corrected chi connectivity index (χ4v) is 4.72. The Labute approximate surface area is 223 Å². The predicted molar refractivity (Wildman–Crippen MR) is 151 cm³/mol. The average Bonchev–Trinajstić information content (AvgIpc) is 3.51. The number of nitrogens with two attached hydrogens (primary N) is 1. The first kappa shape index (κ1) is 25.4. The van der Waals surface area contributed by atoms with Gasteiger partial charge in [-0.15, -0.1) is 10.2 Å². The van der Waals surface area contributed by atoms with Gasteiger partial charge in [0.2, 0.25) is 5.91 Å². The Morgan fingerprint density at radius 1 is 0.947 bits per heavy atom. The number of aromatic amines is 1. The van der Waals surface area contributed by atoms with Crippen molar-refractivity contribution in [2.45, 2.75) is 51.2 Å². The molecule has 38 heavy (non-hydrogen) atoms. The third-order valence-corrected chi connectivity index (χ3v) is 6.83. The van der Waals surface area contributed by atoms with Gasteiger partial charge in [0.05, 0.1) is 11.6 Å². The van der Waals surface area contributed by atoms with Crippen molar-refractivity contribution >= 4 is 16.8 Å². The Balaban J connectivity index is 1.53. The lowest BCUT2D eigenvalue weighted by Crippen LogP contribution is -2.50. The van der Waals surface area contributed by atoms with Gasteiger partial charge in [0, 0.05) is 36.5 Å². The molecule has 0 spiro atoms. The second-order valence-electron chi connectivity index (χ2n) is 10.3. The number of aromatic nitrogens is 4. The molecule has 7 heteroatoms. The Bertz CT molecular complexity index is 1500. The Kier molecular flexibility index (Phi) is 7.38. The van der Waals surface area contributed by atoms with Crippen molar-refractivity contribution in [3.63, 3.8) is 0 Å². The minimum atomic E-state index is -1.03. The lowest BCUT2D eigenvalue weighted by Gasteiger charge is -2.25. The molecule has 7 nitrogen and oxygen atoms in total. The third-order valence-electron chi connectivity index (χ3n) is 6.83. The summed E-state index contributed by atoms with van der Waals surface area (Å²) in [6.45, 7) is 4.12. The first-order chi connectivity index (χ1) is 18.4. The van der Waals surface area contributed by atoms with Crippen molar-refractivity contribution in [1.82, 2.24) is 25.1 Å². The zero-order chi connectivity index (χ0) is 26.5. The van der Waals surface area contributed by atoms with Crippen LogP contribution in [0.1, 0.15) is 48.2 Å². The highest BCUT2D eigenvalue weighted by atomic mass is 16.2. The van der Waals surface area contributed by atoms with Gasteiger partial charge < -0.3 is 20.6 Å². The fourth-order valence-electron chi connectivity index (χ4n) is 4.72. The molecule has 0 saturated heterocycles. The van der Waals surface area contributed by atoms with Crippen molar-refractivity contribution in [2.24, 2.45) is 5.73 Å². The molecular formula is C31H34N6O. The number of fused-ring (bicyclic) bond motifs is 1. The fraction of sp³-hybridized carbons (Fsp3) is 0.258. The summed E-state index contributed by atoms with van der Waals surface area (Å²) >= 11 is 0. The van der Waals surface area contributed by atoms with E-state index < -0.39 is 11.6 Å². The second-order valence-corrected chi connectivity index (χ2v) is 10.3. The topological polar surface area (TPSA) is 102 Å². The molecule has 0 saturated carbocycles. The summed E-state index contributed by atoms with van der Waals surface area (Å²) in [6, 6.07) is 28.4. The van der Waals surface area contributed by atoms with E-state index in [9.17, 15) is 4.79 Å². The van der Waals surface area contributed by atoms with E-state index in [0.717, 1.165) is 40.1 Å². The number of benzene rings is 3. The number of hydrogen-bond acceptors (Lipinski definition) is 4. The molecule has 5 rings (SSSR count). The maximum absolute atomic E-state index is 13.1. The molecule has 2 heterocycles. The van der Waals surface area contributed by atoms with Crippen molar-refractivity contribution < 1.29 is 4.79 Å². The molecule has 0 aliphatic heterocycles. The monoisotopic (exact) mass is 506 g/mol. The van der Waals surface area contributed by atoms with Gasteiger partial charge in [0.15, 0.2) is 5.82 Å². The van der Waals surface area contributed by atoms with Crippen molar-refractivity contribution in [1.29, 1.82) is 0 Å². The molecule has 0 bridgehead atoms. The number of carbonyl (C=O) groups is 1. The highest BCUT2D eigenvalue weighted by Gasteiger charge is 2.29. The van der Waals surface area contributed by atoms with E-state index in [0.29, 0.717) is 19.4 Å². The molecule has 3 aromatic carbocycles. The molecule has 4 N–H and O–H groups in total. The molecule has 194 valence electrons. The van der Waals surface area contributed by atoms with Crippen LogP contribution in [0.2, 0.25) is 0 Å². The van der Waals surface area contributed by atoms with E-state index in [2.05, 4.69) is 73.6 Å². The molecule has 1 unspecified atom stereocenters. The summed E-state index contributed by atoms with van der Waals surface area (Å²) in [5.74, 6) is 1.37. The van der Waals surface area contributed by atoms with E-state index in [4.69, 9.17) is 5.73 Å². The third kappa shape index (κ3) is 5.84. The van der Waals surface area contributed by atoms with E-state index in [-0.39, 0.29) is 5.91 Å². The second kappa shape index (κ2) is 11.0. The lowest BCUT2D eigenvalue weighted by atomic mass is 10.0. The van der Waals surface area contributed by atoms with Gasteiger partial charge in [0.25, 0.3) is 0 Å². The summed E-state index contributed by atoms with van der Waals surface area (Å²) in [5, 5.41) is 13.6. The van der Waals surface area contributed by atoms with Crippen LogP contribution >= 0.6 is 0 Å². The summed E-state index contributed by atoms with van der Waals surface area (Å²) in [6.07, 6.45) is 4.04. The normalized spacial score (nSPS) is 12.5. The molecule has 0 fully saturated rings. The number of para-hydroxylation sites is 1. The van der Waals surface area contributed by atoms with Gasteiger partial charge in [-0.25, -0.2) is 0 Å². The van der Waals surface area contributed by atoms with Gasteiger partial charge in [-0.1, -0.05) is 78.9 Å². The number of nitrogens with one attached hydrogen (secondary N) is 2.